The van der Waals surface area contributed by atoms with Crippen molar-refractivity contribution < 1.29 is 14.3 Å². The lowest BCUT2D eigenvalue weighted by Gasteiger charge is -2.27. The summed E-state index contributed by atoms with van der Waals surface area (Å²) in [7, 11) is 0. The van der Waals surface area contributed by atoms with Crippen LogP contribution in [0.2, 0.25) is 0 Å². The molecule has 1 aromatic carbocycles. The molecule has 1 aliphatic rings. The minimum atomic E-state index is -0.477. The molecule has 28 heavy (non-hydrogen) atoms. The van der Waals surface area contributed by atoms with E-state index >= 15 is 0 Å². The molecule has 3 rings (SSSR count). The lowest BCUT2D eigenvalue weighted by molar-refractivity contribution is -0.139. The monoisotopic (exact) mass is 385 g/mol. The van der Waals surface area contributed by atoms with E-state index in [0.29, 0.717) is 30.4 Å². The highest BCUT2D eigenvalue weighted by molar-refractivity contribution is 5.92. The fraction of sp³-hybridized carbons (Fsp3) is 0.500. The number of esters is 1. The average Bonchev–Trinajstić information content (AvgIpc) is 3.15. The van der Waals surface area contributed by atoms with Gasteiger partial charge in [-0.25, -0.2) is 4.79 Å². The van der Waals surface area contributed by atoms with Gasteiger partial charge in [-0.1, -0.05) is 43.9 Å². The number of nitrogens with one attached hydrogen (secondary N) is 1. The number of rotatable bonds is 9. The maximum Gasteiger partial charge on any atom is 0.338 e. The molecule has 150 valence electrons. The summed E-state index contributed by atoms with van der Waals surface area (Å²) in [5.74, 6) is 0.891. The largest absolute Gasteiger partial charge is 0.494 e. The van der Waals surface area contributed by atoms with Crippen molar-refractivity contribution in [2.24, 2.45) is 0 Å². The summed E-state index contributed by atoms with van der Waals surface area (Å²) < 4.78 is 12.9. The molecular formula is C20H27N5O3. The van der Waals surface area contributed by atoms with E-state index in [1.165, 1.54) is 0 Å². The lowest BCUT2D eigenvalue weighted by atomic mass is 9.95. The van der Waals surface area contributed by atoms with E-state index in [-0.39, 0.29) is 5.97 Å². The van der Waals surface area contributed by atoms with Gasteiger partial charge in [0.2, 0.25) is 5.95 Å². The van der Waals surface area contributed by atoms with E-state index in [1.54, 1.807) is 4.68 Å². The summed E-state index contributed by atoms with van der Waals surface area (Å²) in [6.07, 6.45) is 3.84. The van der Waals surface area contributed by atoms with Crippen molar-refractivity contribution in [3.8, 4) is 5.75 Å². The van der Waals surface area contributed by atoms with Gasteiger partial charge in [0.15, 0.2) is 0 Å². The number of hydrogen-bond acceptors (Lipinski definition) is 7. The van der Waals surface area contributed by atoms with Gasteiger partial charge in [0, 0.05) is 5.70 Å². The average molecular weight is 385 g/mol. The van der Waals surface area contributed by atoms with E-state index < -0.39 is 6.04 Å². The number of nitrogens with zero attached hydrogens (tertiary/aromatic N) is 4. The van der Waals surface area contributed by atoms with Crippen LogP contribution in [-0.2, 0) is 9.53 Å². The number of ether oxygens (including phenoxy) is 2. The van der Waals surface area contributed by atoms with E-state index in [1.807, 2.05) is 31.2 Å². The van der Waals surface area contributed by atoms with Crippen LogP contribution in [0.25, 0.3) is 0 Å². The van der Waals surface area contributed by atoms with Gasteiger partial charge in [0.25, 0.3) is 0 Å². The van der Waals surface area contributed by atoms with Crippen molar-refractivity contribution in [2.75, 3.05) is 18.5 Å². The van der Waals surface area contributed by atoms with Gasteiger partial charge in [-0.2, -0.15) is 4.68 Å². The maximum absolute atomic E-state index is 12.9. The van der Waals surface area contributed by atoms with Crippen molar-refractivity contribution in [3.63, 3.8) is 0 Å². The van der Waals surface area contributed by atoms with Crippen LogP contribution in [0.1, 0.15) is 58.1 Å². The van der Waals surface area contributed by atoms with Crippen molar-refractivity contribution in [3.05, 3.63) is 41.1 Å². The number of hydrogen-bond donors (Lipinski definition) is 1. The Morgan fingerprint density at radius 2 is 2.00 bits per heavy atom. The van der Waals surface area contributed by atoms with Crippen molar-refractivity contribution in [1.29, 1.82) is 0 Å². The van der Waals surface area contributed by atoms with Crippen molar-refractivity contribution >= 4 is 11.9 Å². The summed E-state index contributed by atoms with van der Waals surface area (Å²) in [4.78, 5) is 12.9. The highest BCUT2D eigenvalue weighted by Gasteiger charge is 2.35. The zero-order chi connectivity index (χ0) is 19.9. The quantitative estimate of drug-likeness (QED) is 0.522. The third-order valence-corrected chi connectivity index (χ3v) is 4.61. The Bertz CT molecular complexity index is 846. The molecule has 1 atom stereocenters. The first-order chi connectivity index (χ1) is 13.7. The molecule has 0 fully saturated rings. The fourth-order valence-electron chi connectivity index (χ4n) is 3.08. The first-order valence-corrected chi connectivity index (χ1v) is 9.81. The molecule has 0 spiro atoms. The molecule has 8 nitrogen and oxygen atoms in total. The number of carbonyl (C=O) groups is 1. The molecule has 0 amide bonds. The number of allylic oxidation sites excluding steroid dienone is 1. The Balaban J connectivity index is 1.93. The van der Waals surface area contributed by atoms with E-state index in [4.69, 9.17) is 9.47 Å². The molecule has 2 heterocycles. The van der Waals surface area contributed by atoms with E-state index in [2.05, 4.69) is 34.7 Å². The van der Waals surface area contributed by atoms with E-state index in [9.17, 15) is 4.79 Å². The van der Waals surface area contributed by atoms with Gasteiger partial charge < -0.3 is 14.8 Å². The molecule has 0 bridgehead atoms. The molecule has 0 aliphatic carbocycles. The van der Waals surface area contributed by atoms with Crippen LogP contribution in [0, 0.1) is 0 Å². The van der Waals surface area contributed by atoms with Gasteiger partial charge in [-0.05, 0) is 47.9 Å². The SMILES string of the molecule is CCCCOC(=O)C1=C(C)Nc2nnnn2C1c1cccc(OCCCC)c1. The molecule has 2 aromatic rings. The minimum Gasteiger partial charge on any atom is -0.494 e. The smallest absolute Gasteiger partial charge is 0.338 e. The number of tetrazole rings is 1. The predicted octanol–water partition coefficient (Wildman–Crippen LogP) is 3.48. The molecule has 8 heteroatoms. The number of anilines is 1. The standard InChI is InChI=1S/C20H27N5O3/c1-4-6-11-27-16-10-8-9-15(13-16)18-17(19(26)28-12-7-5-2)14(3)21-20-22-23-24-25(18)20/h8-10,13,18H,4-7,11-12H2,1-3H3,(H,21,22,24). The molecule has 1 aromatic heterocycles. The van der Waals surface area contributed by atoms with Crippen LogP contribution in [0.15, 0.2) is 35.5 Å². The third kappa shape index (κ3) is 4.32. The summed E-state index contributed by atoms with van der Waals surface area (Å²) in [6, 6.07) is 7.23. The lowest BCUT2D eigenvalue weighted by Crippen LogP contribution is -2.29. The predicted molar refractivity (Wildman–Crippen MR) is 105 cm³/mol. The third-order valence-electron chi connectivity index (χ3n) is 4.61. The van der Waals surface area contributed by atoms with Crippen LogP contribution >= 0.6 is 0 Å². The van der Waals surface area contributed by atoms with Crippen molar-refractivity contribution in [1.82, 2.24) is 20.2 Å². The fourth-order valence-corrected chi connectivity index (χ4v) is 3.08. The van der Waals surface area contributed by atoms with Gasteiger partial charge >= 0.3 is 5.97 Å². The summed E-state index contributed by atoms with van der Waals surface area (Å²) >= 11 is 0. The Labute approximate surface area is 164 Å². The second-order valence-electron chi connectivity index (χ2n) is 6.78. The van der Waals surface area contributed by atoms with Crippen LogP contribution in [0.5, 0.6) is 5.75 Å². The second kappa shape index (κ2) is 9.34. The molecule has 0 saturated heterocycles. The zero-order valence-electron chi connectivity index (χ0n) is 16.6. The molecule has 1 N–H and O–H groups in total. The van der Waals surface area contributed by atoms with E-state index in [0.717, 1.165) is 37.0 Å². The Morgan fingerprint density at radius 1 is 1.21 bits per heavy atom. The minimum absolute atomic E-state index is 0.359. The Kier molecular flexibility index (Phi) is 6.62. The normalized spacial score (nSPS) is 15.8. The summed E-state index contributed by atoms with van der Waals surface area (Å²) in [5, 5.41) is 15.0. The Hall–Kier alpha value is -2.90. The van der Waals surface area contributed by atoms with Gasteiger partial charge in [-0.3, -0.25) is 0 Å². The maximum atomic E-state index is 12.9. The highest BCUT2D eigenvalue weighted by atomic mass is 16.5. The first kappa shape index (κ1) is 19.9. The number of benzene rings is 1. The number of carbonyl (C=O) groups excluding carboxylic acids is 1. The molecule has 0 radical (unpaired) electrons. The summed E-state index contributed by atoms with van der Waals surface area (Å²) in [6.45, 7) is 7.06. The number of aromatic nitrogens is 4. The molecule has 1 aliphatic heterocycles. The van der Waals surface area contributed by atoms with Gasteiger partial charge in [-0.15, -0.1) is 0 Å². The van der Waals surface area contributed by atoms with Gasteiger partial charge in [0.1, 0.15) is 11.8 Å². The molecule has 1 unspecified atom stereocenters. The van der Waals surface area contributed by atoms with Gasteiger partial charge in [0.05, 0.1) is 18.8 Å². The molecular weight excluding hydrogens is 358 g/mol. The van der Waals surface area contributed by atoms with Crippen LogP contribution in [0.3, 0.4) is 0 Å². The first-order valence-electron chi connectivity index (χ1n) is 9.81. The van der Waals surface area contributed by atoms with Crippen LogP contribution < -0.4 is 10.1 Å². The van der Waals surface area contributed by atoms with Crippen molar-refractivity contribution in [2.45, 2.75) is 52.5 Å². The topological polar surface area (TPSA) is 91.2 Å². The zero-order valence-corrected chi connectivity index (χ0v) is 16.6. The second-order valence-corrected chi connectivity index (χ2v) is 6.78. The number of fused-ring (bicyclic) bond motifs is 1. The Morgan fingerprint density at radius 3 is 2.79 bits per heavy atom. The highest BCUT2D eigenvalue weighted by Crippen LogP contribution is 2.36. The summed E-state index contributed by atoms with van der Waals surface area (Å²) in [5.41, 5.74) is 2.05. The van der Waals surface area contributed by atoms with Crippen LogP contribution in [-0.4, -0.2) is 39.4 Å². The molecule has 0 saturated carbocycles. The van der Waals surface area contributed by atoms with Crippen LogP contribution in [0.4, 0.5) is 5.95 Å². The number of unbranched alkanes of at least 4 members (excludes halogenated alkanes) is 2.